The Bertz CT molecular complexity index is 117. The molecule has 0 aliphatic heterocycles. The van der Waals surface area contributed by atoms with Crippen molar-refractivity contribution < 1.29 is 9.53 Å². The number of rotatable bonds is 5. The van der Waals surface area contributed by atoms with Crippen molar-refractivity contribution in [3.63, 3.8) is 0 Å². The van der Waals surface area contributed by atoms with E-state index >= 15 is 0 Å². The van der Waals surface area contributed by atoms with E-state index in [9.17, 15) is 4.79 Å². The predicted octanol–water partition coefficient (Wildman–Crippen LogP) is -0.514. The standard InChI is InChI=1S/C7H16N2O2/c1-3-6(5-11-2)9-7(10)4-8/h6H,3-5,8H2,1-2H3,(H,9,10). The quantitative estimate of drug-likeness (QED) is 0.569. The highest BCUT2D eigenvalue weighted by Gasteiger charge is 2.07. The fourth-order valence-corrected chi connectivity index (χ4v) is 0.749. The number of amides is 1. The molecule has 11 heavy (non-hydrogen) atoms. The third-order valence-corrected chi connectivity index (χ3v) is 1.41. The lowest BCUT2D eigenvalue weighted by atomic mass is 10.2. The molecule has 1 amide bonds. The molecule has 0 heterocycles. The first kappa shape index (κ1) is 10.4. The van der Waals surface area contributed by atoms with E-state index in [2.05, 4.69) is 5.32 Å². The third-order valence-electron chi connectivity index (χ3n) is 1.41. The van der Waals surface area contributed by atoms with Crippen LogP contribution in [0.5, 0.6) is 0 Å². The molecule has 0 aliphatic rings. The summed E-state index contributed by atoms with van der Waals surface area (Å²) in [7, 11) is 1.61. The molecule has 1 unspecified atom stereocenters. The number of carbonyl (C=O) groups excluding carboxylic acids is 1. The molecule has 66 valence electrons. The lowest BCUT2D eigenvalue weighted by Crippen LogP contribution is -2.40. The highest BCUT2D eigenvalue weighted by Crippen LogP contribution is 1.90. The second-order valence-corrected chi connectivity index (χ2v) is 2.33. The van der Waals surface area contributed by atoms with Crippen LogP contribution in [-0.2, 0) is 9.53 Å². The average Bonchev–Trinajstić information content (AvgIpc) is 2.03. The summed E-state index contributed by atoms with van der Waals surface area (Å²) >= 11 is 0. The van der Waals surface area contributed by atoms with E-state index in [4.69, 9.17) is 10.5 Å². The molecule has 4 heteroatoms. The Morgan fingerprint density at radius 3 is 2.73 bits per heavy atom. The van der Waals surface area contributed by atoms with Crippen molar-refractivity contribution in [3.05, 3.63) is 0 Å². The van der Waals surface area contributed by atoms with Crippen LogP contribution in [0.1, 0.15) is 13.3 Å². The van der Waals surface area contributed by atoms with E-state index in [-0.39, 0.29) is 18.5 Å². The zero-order chi connectivity index (χ0) is 8.69. The number of methoxy groups -OCH3 is 1. The molecule has 0 saturated carbocycles. The van der Waals surface area contributed by atoms with Crippen molar-refractivity contribution in [2.45, 2.75) is 19.4 Å². The zero-order valence-electron chi connectivity index (χ0n) is 7.09. The van der Waals surface area contributed by atoms with Gasteiger partial charge in [0, 0.05) is 7.11 Å². The number of carbonyl (C=O) groups is 1. The number of nitrogens with one attached hydrogen (secondary N) is 1. The molecule has 0 spiro atoms. The monoisotopic (exact) mass is 160 g/mol. The van der Waals surface area contributed by atoms with E-state index in [1.165, 1.54) is 0 Å². The van der Waals surface area contributed by atoms with Gasteiger partial charge in [-0.25, -0.2) is 0 Å². The summed E-state index contributed by atoms with van der Waals surface area (Å²) in [5, 5.41) is 2.73. The molecular weight excluding hydrogens is 144 g/mol. The highest BCUT2D eigenvalue weighted by molar-refractivity contribution is 5.78. The first-order chi connectivity index (χ1) is 5.24. The van der Waals surface area contributed by atoms with E-state index in [1.807, 2.05) is 6.92 Å². The van der Waals surface area contributed by atoms with Crippen LogP contribution in [0.4, 0.5) is 0 Å². The largest absolute Gasteiger partial charge is 0.383 e. The summed E-state index contributed by atoms with van der Waals surface area (Å²) in [6.07, 6.45) is 0.861. The number of ether oxygens (including phenoxy) is 1. The van der Waals surface area contributed by atoms with E-state index < -0.39 is 0 Å². The molecular formula is C7H16N2O2. The minimum atomic E-state index is -0.131. The van der Waals surface area contributed by atoms with Gasteiger partial charge in [0.1, 0.15) is 0 Å². The average molecular weight is 160 g/mol. The van der Waals surface area contributed by atoms with Crippen LogP contribution in [0.3, 0.4) is 0 Å². The topological polar surface area (TPSA) is 64.3 Å². The van der Waals surface area contributed by atoms with Gasteiger partial charge in [0.25, 0.3) is 0 Å². The second-order valence-electron chi connectivity index (χ2n) is 2.33. The summed E-state index contributed by atoms with van der Waals surface area (Å²) in [5.41, 5.74) is 5.12. The maximum absolute atomic E-state index is 10.8. The Labute approximate surface area is 67.1 Å². The van der Waals surface area contributed by atoms with Gasteiger partial charge in [-0.2, -0.15) is 0 Å². The second kappa shape index (κ2) is 6.12. The summed E-state index contributed by atoms with van der Waals surface area (Å²) in [4.78, 5) is 10.8. The maximum Gasteiger partial charge on any atom is 0.234 e. The molecule has 1 atom stereocenters. The first-order valence-corrected chi connectivity index (χ1v) is 3.73. The van der Waals surface area contributed by atoms with Gasteiger partial charge < -0.3 is 15.8 Å². The van der Waals surface area contributed by atoms with Crippen LogP contribution in [0, 0.1) is 0 Å². The Kier molecular flexibility index (Phi) is 5.78. The lowest BCUT2D eigenvalue weighted by molar-refractivity contribution is -0.120. The predicted molar refractivity (Wildman–Crippen MR) is 43.2 cm³/mol. The number of nitrogens with two attached hydrogens (primary N) is 1. The minimum Gasteiger partial charge on any atom is -0.383 e. The Balaban J connectivity index is 3.58. The Morgan fingerprint density at radius 2 is 2.36 bits per heavy atom. The van der Waals surface area contributed by atoms with Crippen molar-refractivity contribution in [2.24, 2.45) is 5.73 Å². The van der Waals surface area contributed by atoms with Crippen molar-refractivity contribution in [1.82, 2.24) is 5.32 Å². The van der Waals surface area contributed by atoms with Gasteiger partial charge in [-0.05, 0) is 6.42 Å². The molecule has 0 rings (SSSR count). The van der Waals surface area contributed by atoms with Gasteiger partial charge in [-0.1, -0.05) is 6.92 Å². The van der Waals surface area contributed by atoms with Gasteiger partial charge in [0.2, 0.25) is 5.91 Å². The molecule has 0 aliphatic carbocycles. The van der Waals surface area contributed by atoms with Gasteiger partial charge in [0.15, 0.2) is 0 Å². The van der Waals surface area contributed by atoms with Crippen LogP contribution in [0.15, 0.2) is 0 Å². The molecule has 3 N–H and O–H groups in total. The van der Waals surface area contributed by atoms with Crippen LogP contribution in [-0.4, -0.2) is 32.2 Å². The molecule has 0 fully saturated rings. The number of hydrogen-bond acceptors (Lipinski definition) is 3. The molecule has 4 nitrogen and oxygen atoms in total. The van der Waals surface area contributed by atoms with Gasteiger partial charge >= 0.3 is 0 Å². The molecule has 0 aromatic heterocycles. The van der Waals surface area contributed by atoms with Crippen molar-refractivity contribution in [1.29, 1.82) is 0 Å². The Morgan fingerprint density at radius 1 is 1.73 bits per heavy atom. The molecule has 0 aromatic rings. The SMILES string of the molecule is CCC(COC)NC(=O)CN. The molecule has 0 aromatic carbocycles. The minimum absolute atomic E-state index is 0.0419. The van der Waals surface area contributed by atoms with Gasteiger partial charge in [-0.15, -0.1) is 0 Å². The highest BCUT2D eigenvalue weighted by atomic mass is 16.5. The smallest absolute Gasteiger partial charge is 0.234 e. The zero-order valence-corrected chi connectivity index (χ0v) is 7.09. The summed E-state index contributed by atoms with van der Waals surface area (Å²) in [6, 6.07) is 0.0936. The van der Waals surface area contributed by atoms with Crippen molar-refractivity contribution in [3.8, 4) is 0 Å². The fourth-order valence-electron chi connectivity index (χ4n) is 0.749. The first-order valence-electron chi connectivity index (χ1n) is 3.73. The van der Waals surface area contributed by atoms with Crippen LogP contribution in [0.25, 0.3) is 0 Å². The lowest BCUT2D eigenvalue weighted by Gasteiger charge is -2.14. The van der Waals surface area contributed by atoms with Crippen molar-refractivity contribution >= 4 is 5.91 Å². The van der Waals surface area contributed by atoms with Crippen LogP contribution >= 0.6 is 0 Å². The maximum atomic E-state index is 10.8. The molecule has 0 saturated heterocycles. The molecule has 0 bridgehead atoms. The normalized spacial score (nSPS) is 12.6. The van der Waals surface area contributed by atoms with Gasteiger partial charge in [0.05, 0.1) is 19.2 Å². The molecule has 0 radical (unpaired) electrons. The Hall–Kier alpha value is -0.610. The fraction of sp³-hybridized carbons (Fsp3) is 0.857. The number of hydrogen-bond donors (Lipinski definition) is 2. The van der Waals surface area contributed by atoms with E-state index in [1.54, 1.807) is 7.11 Å². The summed E-state index contributed by atoms with van der Waals surface area (Å²) in [6.45, 7) is 2.57. The van der Waals surface area contributed by atoms with E-state index in [0.29, 0.717) is 6.61 Å². The van der Waals surface area contributed by atoms with Crippen molar-refractivity contribution in [2.75, 3.05) is 20.3 Å². The third kappa shape index (κ3) is 4.75. The van der Waals surface area contributed by atoms with E-state index in [0.717, 1.165) is 6.42 Å². The van der Waals surface area contributed by atoms with Crippen LogP contribution < -0.4 is 11.1 Å². The summed E-state index contributed by atoms with van der Waals surface area (Å²) < 4.78 is 4.88. The summed E-state index contributed by atoms with van der Waals surface area (Å²) in [5.74, 6) is -0.131. The van der Waals surface area contributed by atoms with Gasteiger partial charge in [-0.3, -0.25) is 4.79 Å². The van der Waals surface area contributed by atoms with Crippen LogP contribution in [0.2, 0.25) is 0 Å².